The summed E-state index contributed by atoms with van der Waals surface area (Å²) in [6.07, 6.45) is 96.3. The van der Waals surface area contributed by atoms with Crippen molar-refractivity contribution in [2.45, 2.75) is 475 Å². The van der Waals surface area contributed by atoms with Gasteiger partial charge < -0.3 is 20.3 Å². The van der Waals surface area contributed by atoms with Crippen molar-refractivity contribution >= 4 is 11.9 Å². The van der Waals surface area contributed by atoms with E-state index in [1.807, 2.05) is 6.08 Å². The number of esters is 1. The fourth-order valence-corrected chi connectivity index (χ4v) is 13.0. The first-order valence-electron chi connectivity index (χ1n) is 40.0. The molecule has 0 spiro atoms. The van der Waals surface area contributed by atoms with E-state index in [0.29, 0.717) is 19.4 Å². The zero-order valence-corrected chi connectivity index (χ0v) is 58.8. The van der Waals surface area contributed by atoms with Crippen molar-refractivity contribution < 1.29 is 24.5 Å². The van der Waals surface area contributed by atoms with E-state index in [0.717, 1.165) is 38.5 Å². The zero-order valence-electron chi connectivity index (χ0n) is 58.8. The zero-order chi connectivity index (χ0) is 62.0. The van der Waals surface area contributed by atoms with Crippen molar-refractivity contribution in [3.05, 3.63) is 12.2 Å². The van der Waals surface area contributed by atoms with Crippen LogP contribution in [0.25, 0.3) is 0 Å². The number of nitrogens with one attached hydrogen (secondary N) is 1. The van der Waals surface area contributed by atoms with E-state index in [9.17, 15) is 19.8 Å². The van der Waals surface area contributed by atoms with E-state index < -0.39 is 12.1 Å². The number of unbranched alkanes of at least 4 members (excludes halogenated alkanes) is 65. The Kier molecular flexibility index (Phi) is 74.8. The number of rotatable bonds is 76. The number of hydrogen-bond donors (Lipinski definition) is 3. The molecule has 2 atom stereocenters. The maximum atomic E-state index is 12.5. The number of allylic oxidation sites excluding steroid dienone is 1. The fourth-order valence-electron chi connectivity index (χ4n) is 13.0. The number of aliphatic hydroxyl groups is 2. The second-order valence-electron chi connectivity index (χ2n) is 27.8. The maximum Gasteiger partial charge on any atom is 0.305 e. The van der Waals surface area contributed by atoms with Crippen LogP contribution in [0.1, 0.15) is 463 Å². The van der Waals surface area contributed by atoms with Crippen LogP contribution in [0.3, 0.4) is 0 Å². The van der Waals surface area contributed by atoms with Crippen LogP contribution in [0.4, 0.5) is 0 Å². The lowest BCUT2D eigenvalue weighted by Gasteiger charge is -2.20. The van der Waals surface area contributed by atoms with Crippen molar-refractivity contribution in [2.24, 2.45) is 0 Å². The van der Waals surface area contributed by atoms with Gasteiger partial charge in [0.15, 0.2) is 0 Å². The molecule has 0 rings (SSSR count). The number of aliphatic hydroxyl groups excluding tert-OH is 2. The summed E-state index contributed by atoms with van der Waals surface area (Å²) in [7, 11) is 0. The van der Waals surface area contributed by atoms with Gasteiger partial charge in [-0.2, -0.15) is 0 Å². The molecule has 0 aromatic carbocycles. The van der Waals surface area contributed by atoms with E-state index in [1.165, 1.54) is 398 Å². The largest absolute Gasteiger partial charge is 0.466 e. The van der Waals surface area contributed by atoms with Crippen molar-refractivity contribution in [3.8, 4) is 0 Å². The standard InChI is InChI=1S/C80H157NO5/c1-3-5-7-9-11-13-15-17-18-19-20-36-39-42-45-49-52-56-60-64-68-72-78(83)77(76-82)81-79(84)73-69-65-61-57-53-50-46-43-40-37-34-32-30-28-26-24-22-21-23-25-27-29-31-33-35-38-41-44-47-51-55-59-63-67-71-75-86-80(85)74-70-66-62-58-54-48-16-14-12-10-8-6-4-2/h68,72,77-78,82-83H,3-67,69-71,73-76H2,1-2H3,(H,81,84)/b72-68+. The van der Waals surface area contributed by atoms with Crippen LogP contribution >= 0.6 is 0 Å². The molecule has 6 heteroatoms. The minimum absolute atomic E-state index is 0.0251. The first kappa shape index (κ1) is 84.6. The highest BCUT2D eigenvalue weighted by atomic mass is 16.5. The molecule has 1 amide bonds. The number of carbonyl (C=O) groups is 2. The summed E-state index contributed by atoms with van der Waals surface area (Å²) in [4.78, 5) is 24.6. The Bertz CT molecular complexity index is 1300. The molecule has 0 aliphatic carbocycles. The van der Waals surface area contributed by atoms with Crippen LogP contribution in [-0.2, 0) is 14.3 Å². The smallest absolute Gasteiger partial charge is 0.305 e. The number of amides is 1. The SMILES string of the molecule is CCCCCCCCCCCCCCCCCCCCC/C=C/C(O)C(CO)NC(=O)CCCCCCCCCCCCCCCCCCCCCCCCCCCCCCCCCCCCCOC(=O)CCCCCCCCCCCCCCC. The minimum Gasteiger partial charge on any atom is -0.466 e. The van der Waals surface area contributed by atoms with Gasteiger partial charge in [0.25, 0.3) is 0 Å². The van der Waals surface area contributed by atoms with Gasteiger partial charge in [-0.15, -0.1) is 0 Å². The molecule has 86 heavy (non-hydrogen) atoms. The second kappa shape index (κ2) is 76.1. The Morgan fingerprint density at radius 2 is 0.535 bits per heavy atom. The van der Waals surface area contributed by atoms with E-state index in [1.54, 1.807) is 6.08 Å². The lowest BCUT2D eigenvalue weighted by Crippen LogP contribution is -2.45. The quantitative estimate of drug-likeness (QED) is 0.0320. The van der Waals surface area contributed by atoms with Gasteiger partial charge in [-0.05, 0) is 32.1 Å². The molecule has 0 fully saturated rings. The summed E-state index contributed by atoms with van der Waals surface area (Å²) in [6, 6.07) is -0.624. The highest BCUT2D eigenvalue weighted by Crippen LogP contribution is 2.20. The van der Waals surface area contributed by atoms with Gasteiger partial charge in [0.2, 0.25) is 5.91 Å². The monoisotopic (exact) mass is 1210 g/mol. The summed E-state index contributed by atoms with van der Waals surface area (Å²) in [6.45, 7) is 4.96. The molecule has 0 bridgehead atoms. The van der Waals surface area contributed by atoms with E-state index in [4.69, 9.17) is 4.74 Å². The first-order valence-corrected chi connectivity index (χ1v) is 40.0. The fraction of sp³-hybridized carbons (Fsp3) is 0.950. The van der Waals surface area contributed by atoms with Crippen LogP contribution in [0, 0.1) is 0 Å². The van der Waals surface area contributed by atoms with Gasteiger partial charge >= 0.3 is 5.97 Å². The first-order chi connectivity index (χ1) is 42.5. The molecule has 0 aromatic heterocycles. The molecule has 0 saturated carbocycles. The Morgan fingerprint density at radius 3 is 0.791 bits per heavy atom. The topological polar surface area (TPSA) is 95.9 Å². The van der Waals surface area contributed by atoms with Gasteiger partial charge in [0.05, 0.1) is 25.4 Å². The molecule has 0 aliphatic heterocycles. The summed E-state index contributed by atoms with van der Waals surface area (Å²) in [5.41, 5.74) is 0. The van der Waals surface area contributed by atoms with Gasteiger partial charge in [-0.25, -0.2) is 0 Å². The highest BCUT2D eigenvalue weighted by molar-refractivity contribution is 5.76. The average molecular weight is 1210 g/mol. The second-order valence-corrected chi connectivity index (χ2v) is 27.8. The van der Waals surface area contributed by atoms with Gasteiger partial charge in [0, 0.05) is 12.8 Å². The molecule has 0 heterocycles. The number of ether oxygens (including phenoxy) is 1. The Hall–Kier alpha value is -1.40. The van der Waals surface area contributed by atoms with E-state index >= 15 is 0 Å². The van der Waals surface area contributed by atoms with Crippen molar-refractivity contribution in [1.29, 1.82) is 0 Å². The average Bonchev–Trinajstić information content (AvgIpc) is 3.57. The predicted octanol–water partition coefficient (Wildman–Crippen LogP) is 26.3. The summed E-state index contributed by atoms with van der Waals surface area (Å²) in [5, 5.41) is 23.3. The van der Waals surface area contributed by atoms with E-state index in [-0.39, 0.29) is 18.5 Å². The molecule has 0 saturated heterocycles. The molecule has 0 aliphatic rings. The lowest BCUT2D eigenvalue weighted by atomic mass is 10.0. The van der Waals surface area contributed by atoms with Crippen LogP contribution in [-0.4, -0.2) is 47.4 Å². The molecule has 2 unspecified atom stereocenters. The summed E-state index contributed by atoms with van der Waals surface area (Å²) in [5.74, 6) is -0.0323. The van der Waals surface area contributed by atoms with Gasteiger partial charge in [-0.3, -0.25) is 9.59 Å². The van der Waals surface area contributed by atoms with Crippen molar-refractivity contribution in [1.82, 2.24) is 5.32 Å². The molecule has 512 valence electrons. The normalized spacial score (nSPS) is 12.5. The Labute approximate surface area is 539 Å². The molecular formula is C80H157NO5. The Balaban J connectivity index is 3.33. The number of hydrogen-bond acceptors (Lipinski definition) is 5. The van der Waals surface area contributed by atoms with Crippen molar-refractivity contribution in [3.63, 3.8) is 0 Å². The molecule has 0 aromatic rings. The minimum atomic E-state index is -0.841. The maximum absolute atomic E-state index is 12.5. The van der Waals surface area contributed by atoms with Gasteiger partial charge in [0.1, 0.15) is 0 Å². The van der Waals surface area contributed by atoms with E-state index in [2.05, 4.69) is 19.2 Å². The highest BCUT2D eigenvalue weighted by Gasteiger charge is 2.18. The molecular weight excluding hydrogens is 1050 g/mol. The van der Waals surface area contributed by atoms with Crippen LogP contribution in [0.2, 0.25) is 0 Å². The molecule has 6 nitrogen and oxygen atoms in total. The van der Waals surface area contributed by atoms with Crippen molar-refractivity contribution in [2.75, 3.05) is 13.2 Å². The lowest BCUT2D eigenvalue weighted by molar-refractivity contribution is -0.143. The molecule has 3 N–H and O–H groups in total. The van der Waals surface area contributed by atoms with Crippen LogP contribution < -0.4 is 5.32 Å². The summed E-state index contributed by atoms with van der Waals surface area (Å²) >= 11 is 0. The Morgan fingerprint density at radius 1 is 0.314 bits per heavy atom. The van der Waals surface area contributed by atoms with Crippen LogP contribution in [0.15, 0.2) is 12.2 Å². The number of carbonyl (C=O) groups excluding carboxylic acids is 2. The third-order valence-electron chi connectivity index (χ3n) is 19.1. The third kappa shape index (κ3) is 71.7. The predicted molar refractivity (Wildman–Crippen MR) is 380 cm³/mol. The summed E-state index contributed by atoms with van der Waals surface area (Å²) < 4.78 is 5.50. The molecule has 0 radical (unpaired) electrons. The van der Waals surface area contributed by atoms with Gasteiger partial charge in [-0.1, -0.05) is 431 Å². The third-order valence-corrected chi connectivity index (χ3v) is 19.1. The van der Waals surface area contributed by atoms with Crippen LogP contribution in [0.5, 0.6) is 0 Å².